The summed E-state index contributed by atoms with van der Waals surface area (Å²) in [7, 11) is 0. The SMILES string of the molecule is CC/C=N/C=C/C(=O)Nc1cc(C(C)(F)F)c(O)cn1. The highest BCUT2D eigenvalue weighted by Crippen LogP contribution is 2.34. The molecule has 0 radical (unpaired) electrons. The van der Waals surface area contributed by atoms with E-state index in [1.54, 1.807) is 6.21 Å². The number of hydrogen-bond acceptors (Lipinski definition) is 4. The monoisotopic (exact) mass is 283 g/mol. The van der Waals surface area contributed by atoms with Crippen LogP contribution in [-0.4, -0.2) is 22.2 Å². The van der Waals surface area contributed by atoms with E-state index in [2.05, 4.69) is 15.3 Å². The van der Waals surface area contributed by atoms with E-state index in [4.69, 9.17) is 0 Å². The van der Waals surface area contributed by atoms with Crippen LogP contribution in [0.4, 0.5) is 14.6 Å². The largest absolute Gasteiger partial charge is 0.506 e. The molecule has 0 aliphatic rings. The van der Waals surface area contributed by atoms with Crippen molar-refractivity contribution in [1.82, 2.24) is 4.98 Å². The number of aromatic hydroxyl groups is 1. The van der Waals surface area contributed by atoms with Crippen LogP contribution >= 0.6 is 0 Å². The Morgan fingerprint density at radius 1 is 1.60 bits per heavy atom. The van der Waals surface area contributed by atoms with Gasteiger partial charge < -0.3 is 10.4 Å². The Hall–Kier alpha value is -2.31. The molecule has 7 heteroatoms. The van der Waals surface area contributed by atoms with Gasteiger partial charge in [-0.25, -0.2) is 13.8 Å². The summed E-state index contributed by atoms with van der Waals surface area (Å²) < 4.78 is 26.4. The maximum atomic E-state index is 13.2. The molecule has 1 rings (SSSR count). The van der Waals surface area contributed by atoms with E-state index in [9.17, 15) is 18.7 Å². The van der Waals surface area contributed by atoms with Crippen molar-refractivity contribution < 1.29 is 18.7 Å². The summed E-state index contributed by atoms with van der Waals surface area (Å²) >= 11 is 0. The number of aliphatic imine (C=N–C) groups is 1. The molecule has 0 aromatic carbocycles. The third-order valence-corrected chi connectivity index (χ3v) is 2.21. The molecule has 2 N–H and O–H groups in total. The lowest BCUT2D eigenvalue weighted by molar-refractivity contribution is -0.111. The number of nitrogens with one attached hydrogen (secondary N) is 1. The Labute approximate surface area is 115 Å². The predicted molar refractivity (Wildman–Crippen MR) is 72.0 cm³/mol. The highest BCUT2D eigenvalue weighted by Gasteiger charge is 2.28. The second-order valence-corrected chi connectivity index (χ2v) is 4.02. The lowest BCUT2D eigenvalue weighted by atomic mass is 10.1. The number of amides is 1. The lowest BCUT2D eigenvalue weighted by Gasteiger charge is -2.13. The minimum absolute atomic E-state index is 0.0755. The van der Waals surface area contributed by atoms with Gasteiger partial charge in [0.2, 0.25) is 0 Å². The fourth-order valence-electron chi connectivity index (χ4n) is 1.31. The Balaban J connectivity index is 2.81. The second kappa shape index (κ2) is 6.74. The number of aromatic nitrogens is 1. The molecule has 1 aromatic heterocycles. The molecule has 0 aliphatic carbocycles. The molecule has 0 saturated carbocycles. The van der Waals surface area contributed by atoms with Crippen molar-refractivity contribution in [2.45, 2.75) is 26.2 Å². The number of alkyl halides is 2. The van der Waals surface area contributed by atoms with Crippen molar-refractivity contribution in [2.75, 3.05) is 5.32 Å². The molecule has 20 heavy (non-hydrogen) atoms. The van der Waals surface area contributed by atoms with Crippen molar-refractivity contribution >= 4 is 17.9 Å². The highest BCUT2D eigenvalue weighted by atomic mass is 19.3. The van der Waals surface area contributed by atoms with Gasteiger partial charge in [0.15, 0.2) is 0 Å². The van der Waals surface area contributed by atoms with Crippen LogP contribution in [0.25, 0.3) is 0 Å². The summed E-state index contributed by atoms with van der Waals surface area (Å²) in [5, 5.41) is 11.6. The van der Waals surface area contributed by atoms with Gasteiger partial charge in [0.25, 0.3) is 11.8 Å². The Morgan fingerprint density at radius 3 is 2.90 bits per heavy atom. The third kappa shape index (κ3) is 4.75. The van der Waals surface area contributed by atoms with E-state index >= 15 is 0 Å². The fourth-order valence-corrected chi connectivity index (χ4v) is 1.31. The Bertz CT molecular complexity index is 537. The molecule has 0 unspecified atom stereocenters. The minimum Gasteiger partial charge on any atom is -0.506 e. The van der Waals surface area contributed by atoms with Gasteiger partial charge in [-0.05, 0) is 12.5 Å². The highest BCUT2D eigenvalue weighted by molar-refractivity contribution is 5.98. The number of nitrogens with zero attached hydrogens (tertiary/aromatic N) is 2. The predicted octanol–water partition coefficient (Wildman–Crippen LogP) is 2.83. The molecule has 1 amide bonds. The van der Waals surface area contributed by atoms with E-state index in [0.29, 0.717) is 6.92 Å². The standard InChI is InChI=1S/C13H15F2N3O2/c1-3-5-16-6-4-12(20)18-11-7-9(13(2,14)15)10(19)8-17-11/h4-8,19H,3H2,1-2H3,(H,17,18,20)/b6-4+,16-5+. The number of halogens is 2. The van der Waals surface area contributed by atoms with Gasteiger partial charge in [0.1, 0.15) is 11.6 Å². The van der Waals surface area contributed by atoms with Crippen molar-refractivity contribution in [1.29, 1.82) is 0 Å². The van der Waals surface area contributed by atoms with E-state index in [-0.39, 0.29) is 5.82 Å². The third-order valence-electron chi connectivity index (χ3n) is 2.21. The van der Waals surface area contributed by atoms with Gasteiger partial charge in [-0.3, -0.25) is 9.79 Å². The first-order valence-corrected chi connectivity index (χ1v) is 5.91. The molecule has 0 bridgehead atoms. The summed E-state index contributed by atoms with van der Waals surface area (Å²) in [6.45, 7) is 2.54. The van der Waals surface area contributed by atoms with Crippen LogP contribution in [0.2, 0.25) is 0 Å². The first-order chi connectivity index (χ1) is 9.34. The number of rotatable bonds is 5. The summed E-state index contributed by atoms with van der Waals surface area (Å²) in [5.74, 6) is -4.48. The number of carbonyl (C=O) groups excluding carboxylic acids is 1. The zero-order valence-electron chi connectivity index (χ0n) is 11.1. The number of hydrogen-bond donors (Lipinski definition) is 2. The van der Waals surface area contributed by atoms with Crippen LogP contribution in [0.5, 0.6) is 5.75 Å². The quantitative estimate of drug-likeness (QED) is 0.644. The van der Waals surface area contributed by atoms with Gasteiger partial charge >= 0.3 is 0 Å². The summed E-state index contributed by atoms with van der Waals surface area (Å²) in [5.41, 5.74) is -0.601. The zero-order valence-corrected chi connectivity index (χ0v) is 11.1. The van der Waals surface area contributed by atoms with Crippen molar-refractivity contribution in [2.24, 2.45) is 4.99 Å². The van der Waals surface area contributed by atoms with E-state index in [1.807, 2.05) is 6.92 Å². The fraction of sp³-hybridized carbons (Fsp3) is 0.308. The average Bonchev–Trinajstić information content (AvgIpc) is 2.36. The van der Waals surface area contributed by atoms with Crippen LogP contribution in [-0.2, 0) is 10.7 Å². The van der Waals surface area contributed by atoms with Crippen LogP contribution < -0.4 is 5.32 Å². The first kappa shape index (κ1) is 15.7. The first-order valence-electron chi connectivity index (χ1n) is 5.91. The van der Waals surface area contributed by atoms with Crippen LogP contribution in [0.15, 0.2) is 29.5 Å². The molecular formula is C13H15F2N3O2. The minimum atomic E-state index is -3.23. The average molecular weight is 283 g/mol. The number of carbonyl (C=O) groups is 1. The zero-order chi connectivity index (χ0) is 15.2. The molecule has 1 heterocycles. The second-order valence-electron chi connectivity index (χ2n) is 4.02. The molecular weight excluding hydrogens is 268 g/mol. The van der Waals surface area contributed by atoms with Crippen LogP contribution in [0.1, 0.15) is 25.8 Å². The summed E-state index contributed by atoms with van der Waals surface area (Å²) in [6, 6.07) is 0.927. The molecule has 1 aromatic rings. The van der Waals surface area contributed by atoms with E-state index in [0.717, 1.165) is 24.8 Å². The maximum Gasteiger partial charge on any atom is 0.274 e. The Kier molecular flexibility index (Phi) is 5.31. The van der Waals surface area contributed by atoms with Gasteiger partial charge in [0, 0.05) is 25.4 Å². The van der Waals surface area contributed by atoms with Gasteiger partial charge in [-0.15, -0.1) is 0 Å². The summed E-state index contributed by atoms with van der Waals surface area (Å²) in [6.07, 6.45) is 5.64. The van der Waals surface area contributed by atoms with Crippen molar-refractivity contribution in [3.63, 3.8) is 0 Å². The maximum absolute atomic E-state index is 13.2. The van der Waals surface area contributed by atoms with E-state index in [1.165, 1.54) is 6.20 Å². The normalized spacial score (nSPS) is 12.2. The molecule has 5 nitrogen and oxygen atoms in total. The van der Waals surface area contributed by atoms with Gasteiger partial charge in [-0.2, -0.15) is 0 Å². The van der Waals surface area contributed by atoms with Crippen LogP contribution in [0, 0.1) is 0 Å². The number of anilines is 1. The molecule has 0 fully saturated rings. The van der Waals surface area contributed by atoms with Gasteiger partial charge in [0.05, 0.1) is 11.8 Å². The number of pyridine rings is 1. The van der Waals surface area contributed by atoms with Gasteiger partial charge in [-0.1, -0.05) is 6.92 Å². The smallest absolute Gasteiger partial charge is 0.274 e. The van der Waals surface area contributed by atoms with Crippen molar-refractivity contribution in [3.8, 4) is 5.75 Å². The lowest BCUT2D eigenvalue weighted by Crippen LogP contribution is -2.12. The van der Waals surface area contributed by atoms with Crippen molar-refractivity contribution in [3.05, 3.63) is 30.1 Å². The molecule has 0 spiro atoms. The molecule has 0 aliphatic heterocycles. The molecule has 0 atom stereocenters. The topological polar surface area (TPSA) is 74.6 Å². The van der Waals surface area contributed by atoms with Crippen LogP contribution in [0.3, 0.4) is 0 Å². The molecule has 0 saturated heterocycles. The van der Waals surface area contributed by atoms with E-state index < -0.39 is 23.1 Å². The summed E-state index contributed by atoms with van der Waals surface area (Å²) in [4.78, 5) is 18.9. The Morgan fingerprint density at radius 2 is 2.30 bits per heavy atom. The molecule has 108 valence electrons.